The average Bonchev–Trinajstić information content (AvgIpc) is 3.14. The van der Waals surface area contributed by atoms with Crippen LogP contribution >= 0.6 is 0 Å². The van der Waals surface area contributed by atoms with Gasteiger partial charge < -0.3 is 13.9 Å². The van der Waals surface area contributed by atoms with Crippen molar-refractivity contribution >= 4 is 17.8 Å². The first-order valence-corrected chi connectivity index (χ1v) is 6.52. The lowest BCUT2D eigenvalue weighted by Gasteiger charge is -2.01. The Morgan fingerprint density at radius 1 is 1.39 bits per heavy atom. The molecule has 2 aromatic rings. The number of carbonyl (C=O) groups excluding carboxylic acids is 1. The van der Waals surface area contributed by atoms with Crippen LogP contribution in [0, 0.1) is 17.0 Å². The fourth-order valence-corrected chi connectivity index (χ4v) is 2.05. The number of ether oxygens (including phenoxy) is 2. The minimum absolute atomic E-state index is 0.00356. The molecular formula is C14H11N3O6. The van der Waals surface area contributed by atoms with Gasteiger partial charge in [-0.15, -0.1) is 0 Å². The van der Waals surface area contributed by atoms with Crippen LogP contribution in [0.15, 0.2) is 34.0 Å². The van der Waals surface area contributed by atoms with Crippen molar-refractivity contribution in [2.45, 2.75) is 6.92 Å². The summed E-state index contributed by atoms with van der Waals surface area (Å²) in [5, 5.41) is 14.8. The lowest BCUT2D eigenvalue weighted by atomic mass is 10.1. The number of aryl methyl sites for hydroxylation is 1. The number of benzene rings is 1. The maximum atomic E-state index is 11.9. The van der Waals surface area contributed by atoms with Crippen LogP contribution in [0.5, 0.6) is 11.5 Å². The summed E-state index contributed by atoms with van der Waals surface area (Å²) in [5.74, 6) is 0.656. The number of hydrogen-bond acceptors (Lipinski definition) is 7. The maximum Gasteiger partial charge on any atom is 0.282 e. The Bertz CT molecular complexity index is 811. The zero-order valence-electron chi connectivity index (χ0n) is 11.9. The van der Waals surface area contributed by atoms with E-state index in [1.807, 2.05) is 0 Å². The van der Waals surface area contributed by atoms with Gasteiger partial charge in [-0.1, -0.05) is 0 Å². The zero-order chi connectivity index (χ0) is 16.4. The van der Waals surface area contributed by atoms with Crippen LogP contribution < -0.4 is 14.9 Å². The first kappa shape index (κ1) is 14.6. The van der Waals surface area contributed by atoms with E-state index in [0.717, 1.165) is 0 Å². The lowest BCUT2D eigenvalue weighted by Crippen LogP contribution is -2.17. The van der Waals surface area contributed by atoms with Crippen molar-refractivity contribution in [3.05, 3.63) is 51.5 Å². The molecule has 9 nitrogen and oxygen atoms in total. The molecule has 0 aliphatic carbocycles. The second kappa shape index (κ2) is 5.79. The number of nitro groups is 1. The predicted molar refractivity (Wildman–Crippen MR) is 77.7 cm³/mol. The summed E-state index contributed by atoms with van der Waals surface area (Å²) >= 11 is 0. The summed E-state index contributed by atoms with van der Waals surface area (Å²) < 4.78 is 15.3. The highest BCUT2D eigenvalue weighted by Crippen LogP contribution is 2.37. The largest absolute Gasteiger partial charge is 0.469 e. The summed E-state index contributed by atoms with van der Waals surface area (Å²) in [5.41, 5.74) is 2.60. The van der Waals surface area contributed by atoms with E-state index in [1.165, 1.54) is 30.7 Å². The summed E-state index contributed by atoms with van der Waals surface area (Å²) in [7, 11) is 0. The van der Waals surface area contributed by atoms with Crippen LogP contribution in [-0.2, 0) is 0 Å². The molecule has 0 saturated carbocycles. The summed E-state index contributed by atoms with van der Waals surface area (Å²) in [4.78, 5) is 22.4. The molecule has 0 spiro atoms. The van der Waals surface area contributed by atoms with Gasteiger partial charge in [0.1, 0.15) is 5.76 Å². The van der Waals surface area contributed by atoms with Crippen LogP contribution in [0.25, 0.3) is 0 Å². The van der Waals surface area contributed by atoms with Gasteiger partial charge in [-0.2, -0.15) is 5.10 Å². The molecule has 1 aliphatic rings. The third-order valence-corrected chi connectivity index (χ3v) is 3.19. The number of nitrogens with zero attached hydrogens (tertiary/aromatic N) is 2. The third-order valence-electron chi connectivity index (χ3n) is 3.19. The quantitative estimate of drug-likeness (QED) is 0.523. The van der Waals surface area contributed by atoms with Crippen LogP contribution in [0.3, 0.4) is 0 Å². The van der Waals surface area contributed by atoms with Crippen LogP contribution in [0.1, 0.15) is 21.7 Å². The number of furan rings is 1. The van der Waals surface area contributed by atoms with Gasteiger partial charge in [0, 0.05) is 0 Å². The van der Waals surface area contributed by atoms with Gasteiger partial charge >= 0.3 is 0 Å². The molecule has 23 heavy (non-hydrogen) atoms. The molecule has 0 unspecified atom stereocenters. The van der Waals surface area contributed by atoms with Crippen molar-refractivity contribution in [3.63, 3.8) is 0 Å². The highest BCUT2D eigenvalue weighted by Gasteiger charge is 2.22. The second-order valence-corrected chi connectivity index (χ2v) is 4.61. The average molecular weight is 317 g/mol. The molecule has 0 atom stereocenters. The summed E-state index contributed by atoms with van der Waals surface area (Å²) in [6.07, 6.45) is 2.56. The van der Waals surface area contributed by atoms with Gasteiger partial charge in [0.15, 0.2) is 11.5 Å². The van der Waals surface area contributed by atoms with Crippen molar-refractivity contribution in [1.82, 2.24) is 5.43 Å². The Hall–Kier alpha value is -3.36. The zero-order valence-corrected chi connectivity index (χ0v) is 11.9. The van der Waals surface area contributed by atoms with E-state index in [1.54, 1.807) is 6.92 Å². The van der Waals surface area contributed by atoms with Crippen LogP contribution in [0.4, 0.5) is 5.69 Å². The molecule has 0 radical (unpaired) electrons. The molecule has 0 saturated heterocycles. The fraction of sp³-hybridized carbons (Fsp3) is 0.143. The fourth-order valence-electron chi connectivity index (χ4n) is 2.05. The predicted octanol–water partition coefficient (Wildman–Crippen LogP) is 1.99. The van der Waals surface area contributed by atoms with E-state index >= 15 is 0 Å². The van der Waals surface area contributed by atoms with Crippen molar-refractivity contribution < 1.29 is 23.6 Å². The van der Waals surface area contributed by atoms with E-state index in [9.17, 15) is 14.9 Å². The number of rotatable bonds is 4. The molecule has 118 valence electrons. The third kappa shape index (κ3) is 2.84. The molecule has 1 amide bonds. The Labute approximate surface area is 129 Å². The number of nitrogens with one attached hydrogen (secondary N) is 1. The normalized spacial score (nSPS) is 12.6. The van der Waals surface area contributed by atoms with E-state index in [0.29, 0.717) is 22.8 Å². The standard InChI is InChI=1S/C14H11N3O6/c1-8-10(2-3-21-8)14(18)16-15-6-9-4-12-13(23-7-22-12)5-11(9)17(19)20/h2-6H,7H2,1H3,(H,16,18). The number of nitro benzene ring substituents is 1. The van der Waals surface area contributed by atoms with Crippen molar-refractivity contribution in [3.8, 4) is 11.5 Å². The second-order valence-electron chi connectivity index (χ2n) is 4.61. The van der Waals surface area contributed by atoms with Crippen molar-refractivity contribution in [2.75, 3.05) is 6.79 Å². The van der Waals surface area contributed by atoms with Crippen molar-refractivity contribution in [2.24, 2.45) is 5.10 Å². The molecule has 3 rings (SSSR count). The molecule has 1 N–H and O–H groups in total. The molecular weight excluding hydrogens is 306 g/mol. The topological polar surface area (TPSA) is 116 Å². The number of fused-ring (bicyclic) bond motifs is 1. The SMILES string of the molecule is Cc1occc1C(=O)NN=Cc1cc2c(cc1[N+](=O)[O-])OCO2. The van der Waals surface area contributed by atoms with Gasteiger partial charge in [-0.25, -0.2) is 5.43 Å². The Morgan fingerprint density at radius 2 is 2.13 bits per heavy atom. The van der Waals surface area contributed by atoms with E-state index < -0.39 is 10.8 Å². The number of hydrazone groups is 1. The Morgan fingerprint density at radius 3 is 2.78 bits per heavy atom. The highest BCUT2D eigenvalue weighted by molar-refractivity contribution is 5.96. The number of hydrogen-bond donors (Lipinski definition) is 1. The highest BCUT2D eigenvalue weighted by atomic mass is 16.7. The van der Waals surface area contributed by atoms with Gasteiger partial charge in [0.25, 0.3) is 11.6 Å². The van der Waals surface area contributed by atoms with E-state index in [4.69, 9.17) is 13.9 Å². The van der Waals surface area contributed by atoms with E-state index in [-0.39, 0.29) is 18.0 Å². The summed E-state index contributed by atoms with van der Waals surface area (Å²) in [6.45, 7) is 1.64. The molecule has 1 aromatic heterocycles. The first-order chi connectivity index (χ1) is 11.1. The smallest absolute Gasteiger partial charge is 0.282 e. The molecule has 9 heteroatoms. The van der Waals surface area contributed by atoms with E-state index in [2.05, 4.69) is 10.5 Å². The van der Waals surface area contributed by atoms with Gasteiger partial charge in [-0.3, -0.25) is 14.9 Å². The molecule has 0 bridgehead atoms. The van der Waals surface area contributed by atoms with Gasteiger partial charge in [0.2, 0.25) is 6.79 Å². The lowest BCUT2D eigenvalue weighted by molar-refractivity contribution is -0.385. The number of carbonyl (C=O) groups is 1. The molecule has 1 aliphatic heterocycles. The number of amides is 1. The van der Waals surface area contributed by atoms with Crippen LogP contribution in [-0.4, -0.2) is 23.8 Å². The molecule has 2 heterocycles. The minimum atomic E-state index is -0.564. The monoisotopic (exact) mass is 317 g/mol. The van der Waals surface area contributed by atoms with Crippen LogP contribution in [0.2, 0.25) is 0 Å². The first-order valence-electron chi connectivity index (χ1n) is 6.52. The molecule has 1 aromatic carbocycles. The van der Waals surface area contributed by atoms with Crippen molar-refractivity contribution in [1.29, 1.82) is 0 Å². The van der Waals surface area contributed by atoms with Gasteiger partial charge in [0.05, 0.1) is 34.6 Å². The molecule has 0 fully saturated rings. The Kier molecular flexibility index (Phi) is 3.67. The van der Waals surface area contributed by atoms with Gasteiger partial charge in [-0.05, 0) is 19.1 Å². The Balaban J connectivity index is 1.81. The minimum Gasteiger partial charge on any atom is -0.469 e. The maximum absolute atomic E-state index is 11.9. The summed E-state index contributed by atoms with van der Waals surface area (Å²) in [6, 6.07) is 4.19.